The number of hydrogen-bond acceptors (Lipinski definition) is 3. The van der Waals surface area contributed by atoms with Gasteiger partial charge in [0.1, 0.15) is 0 Å². The molecule has 7 heteroatoms. The van der Waals surface area contributed by atoms with Gasteiger partial charge < -0.3 is 10.1 Å². The number of halogens is 3. The molecule has 1 N–H and O–H groups in total. The van der Waals surface area contributed by atoms with E-state index in [1.54, 1.807) is 18.2 Å². The average molecular weight is 337 g/mol. The molecule has 1 atom stereocenters. The van der Waals surface area contributed by atoms with Crippen molar-refractivity contribution in [3.8, 4) is 0 Å². The van der Waals surface area contributed by atoms with Crippen LogP contribution in [-0.4, -0.2) is 18.0 Å². The van der Waals surface area contributed by atoms with E-state index in [0.717, 1.165) is 12.1 Å². The summed E-state index contributed by atoms with van der Waals surface area (Å²) in [7, 11) is 0. The van der Waals surface area contributed by atoms with Crippen LogP contribution in [0.2, 0.25) is 0 Å². The van der Waals surface area contributed by atoms with Gasteiger partial charge >= 0.3 is 12.1 Å². The standard InChI is InChI=1S/C17H14F3NO3/c1-11(24-16(23)12-6-3-2-4-7-12)15(22)21-14-9-5-8-13(10-14)17(18,19)20/h2-11H,1H3,(H,21,22)/t11-/m1/s1. The summed E-state index contributed by atoms with van der Waals surface area (Å²) < 4.78 is 42.9. The van der Waals surface area contributed by atoms with E-state index in [2.05, 4.69) is 5.32 Å². The minimum absolute atomic E-state index is 0.0302. The van der Waals surface area contributed by atoms with Crippen LogP contribution >= 0.6 is 0 Å². The lowest BCUT2D eigenvalue weighted by Crippen LogP contribution is -2.30. The zero-order valence-electron chi connectivity index (χ0n) is 12.6. The first-order valence-corrected chi connectivity index (χ1v) is 7.01. The first kappa shape index (κ1) is 17.5. The Bertz CT molecular complexity index is 729. The fourth-order valence-electron chi connectivity index (χ4n) is 1.87. The van der Waals surface area contributed by atoms with Crippen molar-refractivity contribution in [2.75, 3.05) is 5.32 Å². The third-order valence-corrected chi connectivity index (χ3v) is 3.12. The van der Waals surface area contributed by atoms with E-state index in [-0.39, 0.29) is 11.3 Å². The van der Waals surface area contributed by atoms with Crippen molar-refractivity contribution in [2.45, 2.75) is 19.2 Å². The summed E-state index contributed by atoms with van der Waals surface area (Å²) in [6.45, 7) is 1.34. The number of anilines is 1. The van der Waals surface area contributed by atoms with Gasteiger partial charge in [-0.1, -0.05) is 24.3 Å². The molecule has 2 aromatic carbocycles. The third kappa shape index (κ3) is 4.58. The largest absolute Gasteiger partial charge is 0.449 e. The zero-order chi connectivity index (χ0) is 17.7. The predicted molar refractivity (Wildman–Crippen MR) is 81.4 cm³/mol. The fourth-order valence-corrected chi connectivity index (χ4v) is 1.87. The second-order valence-corrected chi connectivity index (χ2v) is 4.98. The Morgan fingerprint density at radius 2 is 1.71 bits per heavy atom. The van der Waals surface area contributed by atoms with E-state index in [4.69, 9.17) is 4.74 Å². The van der Waals surface area contributed by atoms with Crippen LogP contribution in [0.1, 0.15) is 22.8 Å². The lowest BCUT2D eigenvalue weighted by Gasteiger charge is -2.14. The maximum absolute atomic E-state index is 12.6. The van der Waals surface area contributed by atoms with Gasteiger partial charge in [0.05, 0.1) is 11.1 Å². The molecule has 0 aliphatic heterocycles. The molecule has 0 aliphatic carbocycles. The Balaban J connectivity index is 2.00. The molecule has 24 heavy (non-hydrogen) atoms. The smallest absolute Gasteiger partial charge is 0.416 e. The maximum Gasteiger partial charge on any atom is 0.416 e. The molecule has 1 amide bonds. The van der Waals surface area contributed by atoms with Gasteiger partial charge in [-0.15, -0.1) is 0 Å². The molecule has 0 bridgehead atoms. The number of hydrogen-bond donors (Lipinski definition) is 1. The van der Waals surface area contributed by atoms with E-state index in [1.807, 2.05) is 0 Å². The molecule has 0 fully saturated rings. The monoisotopic (exact) mass is 337 g/mol. The van der Waals surface area contributed by atoms with Gasteiger partial charge in [0.15, 0.2) is 6.10 Å². The van der Waals surface area contributed by atoms with Crippen molar-refractivity contribution in [3.05, 3.63) is 65.7 Å². The van der Waals surface area contributed by atoms with Crippen LogP contribution < -0.4 is 5.32 Å². The molecule has 0 saturated carbocycles. The van der Waals surface area contributed by atoms with Crippen LogP contribution in [0.25, 0.3) is 0 Å². The van der Waals surface area contributed by atoms with Crippen LogP contribution in [0, 0.1) is 0 Å². The molecule has 0 spiro atoms. The van der Waals surface area contributed by atoms with E-state index in [0.29, 0.717) is 0 Å². The van der Waals surface area contributed by atoms with Gasteiger partial charge in [-0.25, -0.2) is 4.79 Å². The topological polar surface area (TPSA) is 55.4 Å². The molecule has 0 radical (unpaired) electrons. The molecule has 0 unspecified atom stereocenters. The van der Waals surface area contributed by atoms with Crippen LogP contribution in [0.4, 0.5) is 18.9 Å². The molecule has 2 rings (SSSR count). The summed E-state index contributed by atoms with van der Waals surface area (Å²) in [6.07, 6.45) is -5.67. The number of carbonyl (C=O) groups excluding carboxylic acids is 2. The van der Waals surface area contributed by atoms with Gasteiger partial charge in [-0.05, 0) is 37.3 Å². The lowest BCUT2D eigenvalue weighted by atomic mass is 10.2. The third-order valence-electron chi connectivity index (χ3n) is 3.12. The van der Waals surface area contributed by atoms with Crippen LogP contribution in [-0.2, 0) is 15.7 Å². The summed E-state index contributed by atoms with van der Waals surface area (Å²) in [4.78, 5) is 23.8. The Hall–Kier alpha value is -2.83. The van der Waals surface area contributed by atoms with Crippen LogP contribution in [0.5, 0.6) is 0 Å². The van der Waals surface area contributed by atoms with Crippen LogP contribution in [0.3, 0.4) is 0 Å². The van der Waals surface area contributed by atoms with Gasteiger partial charge in [-0.2, -0.15) is 13.2 Å². The van der Waals surface area contributed by atoms with Crippen molar-refractivity contribution in [3.63, 3.8) is 0 Å². The number of alkyl halides is 3. The quantitative estimate of drug-likeness (QED) is 0.861. The van der Waals surface area contributed by atoms with E-state index < -0.39 is 29.7 Å². The Morgan fingerprint density at radius 1 is 1.04 bits per heavy atom. The molecule has 126 valence electrons. The number of benzene rings is 2. The summed E-state index contributed by atoms with van der Waals surface area (Å²) in [5.74, 6) is -1.42. The first-order valence-electron chi connectivity index (χ1n) is 7.01. The molecule has 0 heterocycles. The van der Waals surface area contributed by atoms with Gasteiger partial charge in [0.2, 0.25) is 0 Å². The molecule has 0 aliphatic rings. The van der Waals surface area contributed by atoms with E-state index in [9.17, 15) is 22.8 Å². The molecule has 0 aromatic heterocycles. The highest BCUT2D eigenvalue weighted by molar-refractivity contribution is 5.97. The van der Waals surface area contributed by atoms with Gasteiger partial charge in [-0.3, -0.25) is 4.79 Å². The number of nitrogens with one attached hydrogen (secondary N) is 1. The minimum Gasteiger partial charge on any atom is -0.449 e. The second-order valence-electron chi connectivity index (χ2n) is 4.98. The fraction of sp³-hybridized carbons (Fsp3) is 0.176. The highest BCUT2D eigenvalue weighted by Crippen LogP contribution is 2.30. The zero-order valence-corrected chi connectivity index (χ0v) is 12.6. The van der Waals surface area contributed by atoms with Crippen molar-refractivity contribution in [1.82, 2.24) is 0 Å². The summed E-state index contributed by atoms with van der Waals surface area (Å²) in [5.41, 5.74) is -0.636. The minimum atomic E-state index is -4.51. The Kier molecular flexibility index (Phi) is 5.23. The van der Waals surface area contributed by atoms with E-state index >= 15 is 0 Å². The first-order chi connectivity index (χ1) is 11.3. The number of rotatable bonds is 4. The predicted octanol–water partition coefficient (Wildman–Crippen LogP) is 3.89. The van der Waals surface area contributed by atoms with E-state index in [1.165, 1.54) is 31.2 Å². The lowest BCUT2D eigenvalue weighted by molar-refractivity contribution is -0.137. The number of amides is 1. The van der Waals surface area contributed by atoms with Gasteiger partial charge in [0.25, 0.3) is 5.91 Å². The van der Waals surface area contributed by atoms with Crippen LogP contribution in [0.15, 0.2) is 54.6 Å². The maximum atomic E-state index is 12.6. The molecular formula is C17H14F3NO3. The molecule has 0 saturated heterocycles. The highest BCUT2D eigenvalue weighted by atomic mass is 19.4. The molecule has 2 aromatic rings. The van der Waals surface area contributed by atoms with Gasteiger partial charge in [0, 0.05) is 5.69 Å². The SMILES string of the molecule is C[C@@H](OC(=O)c1ccccc1)C(=O)Nc1cccc(C(F)(F)F)c1. The Morgan fingerprint density at radius 3 is 2.33 bits per heavy atom. The second kappa shape index (κ2) is 7.16. The summed E-state index contributed by atoms with van der Waals surface area (Å²) >= 11 is 0. The van der Waals surface area contributed by atoms with Crippen molar-refractivity contribution in [1.29, 1.82) is 0 Å². The van der Waals surface area contributed by atoms with Crippen molar-refractivity contribution >= 4 is 17.6 Å². The highest BCUT2D eigenvalue weighted by Gasteiger charge is 2.30. The Labute approximate surface area is 136 Å². The average Bonchev–Trinajstić information content (AvgIpc) is 2.55. The normalized spacial score (nSPS) is 12.3. The summed E-state index contributed by atoms with van der Waals surface area (Å²) in [5, 5.41) is 2.29. The van der Waals surface area contributed by atoms with Crippen molar-refractivity contribution in [2.24, 2.45) is 0 Å². The van der Waals surface area contributed by atoms with Crippen molar-refractivity contribution < 1.29 is 27.5 Å². The number of esters is 1. The molecular weight excluding hydrogens is 323 g/mol. The summed E-state index contributed by atoms with van der Waals surface area (Å²) in [6, 6.07) is 12.3. The molecule has 4 nitrogen and oxygen atoms in total. The number of ether oxygens (including phenoxy) is 1. The number of carbonyl (C=O) groups is 2.